The summed E-state index contributed by atoms with van der Waals surface area (Å²) in [6, 6.07) is 0. The molecule has 0 saturated heterocycles. The standard InChI is InChI=1S/C45H78O17P2/c1-3-5-6-7-8-9-10-13-18-21-24-27-30-33-39(48)60-37(35-59-64(56,57)62-45-42(51)40(49)41(50)44(43(45)52)61-63(53,54)55)34-58-38(47)32-29-26-23-20-17-15-12-11-14-16-19-22-25-28-31-36(46)4-2/h12,14-16,20,22-23,25,28,31,36-37,40-46,49-52H,3-11,13,17-19,21,24,26-27,29-30,32-35H2,1-2H3,(H,56,57)(H2,53,54,55)/b15-12-,16-14-,23-20-,25-22-,31-28+/t36-,37+,40?,41?,42?,43?,44+,45-/m0/s1. The second kappa shape index (κ2) is 35.8. The molecule has 17 nitrogen and oxygen atoms in total. The van der Waals surface area contributed by atoms with Crippen molar-refractivity contribution < 1.29 is 82.0 Å². The van der Waals surface area contributed by atoms with Gasteiger partial charge in [0.05, 0.1) is 12.7 Å². The number of allylic oxidation sites excluding steroid dienone is 9. The SMILES string of the molecule is CCCCCCCCCCCCCCCC(=O)O[C@H](COC(=O)CCC/C=C\C/C=C\C/C=C\C/C=C\C=C\[C@@H](O)CC)COP(=O)(O)O[C@H]1C(O)C(O)C(O)[C@@H](OP(=O)(O)O)C1O. The Balaban J connectivity index is 2.65. The number of phosphoric ester groups is 2. The van der Waals surface area contributed by atoms with Crippen molar-refractivity contribution >= 4 is 27.6 Å². The van der Waals surface area contributed by atoms with Crippen molar-refractivity contribution in [1.29, 1.82) is 0 Å². The average Bonchev–Trinajstić information content (AvgIpc) is 3.25. The molecule has 1 aliphatic rings. The maximum absolute atomic E-state index is 13.0. The van der Waals surface area contributed by atoms with E-state index < -0.39 is 89.6 Å². The Labute approximate surface area is 380 Å². The zero-order valence-corrected chi connectivity index (χ0v) is 39.6. The molecule has 0 radical (unpaired) electrons. The van der Waals surface area contributed by atoms with Gasteiger partial charge >= 0.3 is 27.6 Å². The summed E-state index contributed by atoms with van der Waals surface area (Å²) in [5.74, 6) is -1.29. The molecule has 1 fully saturated rings. The van der Waals surface area contributed by atoms with Gasteiger partial charge in [0.25, 0.3) is 0 Å². The number of aliphatic hydroxyl groups is 5. The van der Waals surface area contributed by atoms with Crippen LogP contribution in [-0.4, -0.2) is 114 Å². The van der Waals surface area contributed by atoms with Crippen molar-refractivity contribution in [3.63, 3.8) is 0 Å². The van der Waals surface area contributed by atoms with Crippen LogP contribution in [0.25, 0.3) is 0 Å². The first kappa shape index (κ1) is 59.7. The lowest BCUT2D eigenvalue weighted by Gasteiger charge is -2.43. The van der Waals surface area contributed by atoms with Gasteiger partial charge in [-0.15, -0.1) is 0 Å². The molecule has 0 aromatic heterocycles. The molecular weight excluding hydrogens is 874 g/mol. The molecule has 0 bridgehead atoms. The second-order valence-electron chi connectivity index (χ2n) is 15.9. The Morgan fingerprint density at radius 3 is 1.62 bits per heavy atom. The number of carbonyl (C=O) groups is 2. The van der Waals surface area contributed by atoms with Crippen LogP contribution in [0.5, 0.6) is 0 Å². The first-order chi connectivity index (χ1) is 30.5. The molecule has 1 aliphatic carbocycles. The van der Waals surface area contributed by atoms with E-state index in [1.165, 1.54) is 51.4 Å². The third kappa shape index (κ3) is 30.0. The Bertz CT molecular complexity index is 1490. The molecule has 19 heteroatoms. The number of rotatable bonds is 37. The van der Waals surface area contributed by atoms with Gasteiger partial charge in [-0.25, -0.2) is 9.13 Å². The maximum atomic E-state index is 13.0. The lowest BCUT2D eigenvalue weighted by molar-refractivity contribution is -0.216. The van der Waals surface area contributed by atoms with Crippen LogP contribution in [0.2, 0.25) is 0 Å². The van der Waals surface area contributed by atoms with Gasteiger partial charge in [0.1, 0.15) is 43.2 Å². The highest BCUT2D eigenvalue weighted by atomic mass is 31.2. The highest BCUT2D eigenvalue weighted by Gasteiger charge is 2.54. The monoisotopic (exact) mass is 952 g/mol. The normalized spacial score (nSPS) is 22.8. The summed E-state index contributed by atoms with van der Waals surface area (Å²) in [6.07, 6.45) is 22.8. The van der Waals surface area contributed by atoms with Crippen LogP contribution in [-0.2, 0) is 41.8 Å². The molecule has 64 heavy (non-hydrogen) atoms. The number of aliphatic hydroxyl groups excluding tert-OH is 5. The fourth-order valence-corrected chi connectivity index (χ4v) is 8.08. The number of hydrogen-bond donors (Lipinski definition) is 8. The smallest absolute Gasteiger partial charge is 0.462 e. The molecule has 1 rings (SSSR count). The zero-order chi connectivity index (χ0) is 47.6. The fraction of sp³-hybridized carbons (Fsp3) is 0.733. The van der Waals surface area contributed by atoms with E-state index in [9.17, 15) is 49.1 Å². The van der Waals surface area contributed by atoms with Crippen LogP contribution in [0.15, 0.2) is 60.8 Å². The van der Waals surface area contributed by atoms with Gasteiger partial charge in [0.15, 0.2) is 6.10 Å². The van der Waals surface area contributed by atoms with Crippen molar-refractivity contribution in [2.45, 2.75) is 198 Å². The minimum Gasteiger partial charge on any atom is -0.462 e. The van der Waals surface area contributed by atoms with Gasteiger partial charge in [0, 0.05) is 12.8 Å². The van der Waals surface area contributed by atoms with E-state index in [0.29, 0.717) is 25.7 Å². The van der Waals surface area contributed by atoms with E-state index >= 15 is 0 Å². The molecule has 0 aromatic carbocycles. The third-order valence-corrected chi connectivity index (χ3v) is 11.8. The molecule has 0 aliphatic heterocycles. The molecule has 0 aromatic rings. The van der Waals surface area contributed by atoms with Gasteiger partial charge in [-0.1, -0.05) is 152 Å². The largest absolute Gasteiger partial charge is 0.472 e. The minimum atomic E-state index is -5.37. The first-order valence-corrected chi connectivity index (χ1v) is 26.0. The molecule has 0 spiro atoms. The topological polar surface area (TPSA) is 276 Å². The molecule has 1 saturated carbocycles. The van der Waals surface area contributed by atoms with Crippen LogP contribution in [0.3, 0.4) is 0 Å². The van der Waals surface area contributed by atoms with Crippen molar-refractivity contribution in [3.05, 3.63) is 60.8 Å². The molecule has 9 atom stereocenters. The number of esters is 2. The highest BCUT2D eigenvalue weighted by Crippen LogP contribution is 2.49. The summed E-state index contributed by atoms with van der Waals surface area (Å²) < 4.78 is 49.2. The Morgan fingerprint density at radius 2 is 1.08 bits per heavy atom. The van der Waals surface area contributed by atoms with Gasteiger partial charge in [0.2, 0.25) is 0 Å². The van der Waals surface area contributed by atoms with E-state index in [0.717, 1.165) is 44.9 Å². The van der Waals surface area contributed by atoms with Gasteiger partial charge in [-0.05, 0) is 44.9 Å². The molecular formula is C45H78O17P2. The molecule has 0 heterocycles. The Morgan fingerprint density at radius 1 is 0.578 bits per heavy atom. The number of unbranched alkanes of at least 4 members (excludes halogenated alkanes) is 13. The minimum absolute atomic E-state index is 0.0250. The quantitative estimate of drug-likeness (QED) is 0.0100. The lowest BCUT2D eigenvalue weighted by Crippen LogP contribution is -2.64. The number of ether oxygens (including phenoxy) is 2. The molecule has 8 N–H and O–H groups in total. The number of phosphoric acid groups is 2. The van der Waals surface area contributed by atoms with Crippen LogP contribution in [0.1, 0.15) is 149 Å². The van der Waals surface area contributed by atoms with Crippen molar-refractivity contribution in [2.75, 3.05) is 13.2 Å². The Kier molecular flexibility index (Phi) is 33.4. The summed E-state index contributed by atoms with van der Waals surface area (Å²) in [6.45, 7) is 2.71. The predicted octanol–water partition coefficient (Wildman–Crippen LogP) is 7.25. The predicted molar refractivity (Wildman–Crippen MR) is 242 cm³/mol. The van der Waals surface area contributed by atoms with Crippen LogP contribution < -0.4 is 0 Å². The highest BCUT2D eigenvalue weighted by molar-refractivity contribution is 7.47. The number of carbonyl (C=O) groups excluding carboxylic acids is 2. The van der Waals surface area contributed by atoms with Gasteiger partial charge in [-0.3, -0.25) is 23.2 Å². The van der Waals surface area contributed by atoms with Crippen LogP contribution in [0.4, 0.5) is 0 Å². The van der Waals surface area contributed by atoms with E-state index in [1.807, 2.05) is 49.5 Å². The van der Waals surface area contributed by atoms with Gasteiger partial charge in [-0.2, -0.15) is 0 Å². The third-order valence-electron chi connectivity index (χ3n) is 10.3. The zero-order valence-electron chi connectivity index (χ0n) is 37.8. The summed E-state index contributed by atoms with van der Waals surface area (Å²) in [4.78, 5) is 54.2. The average molecular weight is 953 g/mol. The van der Waals surface area contributed by atoms with Crippen LogP contribution >= 0.6 is 15.6 Å². The molecule has 0 amide bonds. The maximum Gasteiger partial charge on any atom is 0.472 e. The first-order valence-electron chi connectivity index (χ1n) is 22.9. The van der Waals surface area contributed by atoms with E-state index in [-0.39, 0.29) is 12.8 Å². The summed E-state index contributed by atoms with van der Waals surface area (Å²) in [5, 5.41) is 50.7. The van der Waals surface area contributed by atoms with E-state index in [2.05, 4.69) is 23.6 Å². The van der Waals surface area contributed by atoms with E-state index in [1.54, 1.807) is 6.08 Å². The summed E-state index contributed by atoms with van der Waals surface area (Å²) in [7, 11) is -10.7. The summed E-state index contributed by atoms with van der Waals surface area (Å²) >= 11 is 0. The van der Waals surface area contributed by atoms with Gasteiger partial charge < -0.3 is 49.7 Å². The Hall–Kier alpha value is -2.34. The van der Waals surface area contributed by atoms with Crippen molar-refractivity contribution in [2.24, 2.45) is 0 Å². The molecule has 5 unspecified atom stereocenters. The molecule has 370 valence electrons. The van der Waals surface area contributed by atoms with Crippen LogP contribution in [0, 0.1) is 0 Å². The van der Waals surface area contributed by atoms with E-state index in [4.69, 9.17) is 28.3 Å². The number of hydrogen-bond acceptors (Lipinski definition) is 14. The lowest BCUT2D eigenvalue weighted by atomic mass is 9.85. The second-order valence-corrected chi connectivity index (χ2v) is 18.5. The summed E-state index contributed by atoms with van der Waals surface area (Å²) in [5.41, 5.74) is 0. The fourth-order valence-electron chi connectivity index (χ4n) is 6.54. The van der Waals surface area contributed by atoms with Crippen molar-refractivity contribution in [3.8, 4) is 0 Å². The van der Waals surface area contributed by atoms with Crippen molar-refractivity contribution in [1.82, 2.24) is 0 Å².